The zero-order valence-corrected chi connectivity index (χ0v) is 10.1. The van der Waals surface area contributed by atoms with E-state index in [0.29, 0.717) is 5.92 Å². The minimum atomic E-state index is -0.333. The lowest BCUT2D eigenvalue weighted by Gasteiger charge is -2.41. The largest absolute Gasteiger partial charge is 0.393 e. The second-order valence-corrected chi connectivity index (χ2v) is 4.80. The third-order valence-electron chi connectivity index (χ3n) is 3.49. The molecule has 0 aromatic heterocycles. The molecule has 15 heavy (non-hydrogen) atoms. The molecule has 3 atom stereocenters. The predicted octanol–water partition coefficient (Wildman–Crippen LogP) is 1.72. The van der Waals surface area contributed by atoms with Gasteiger partial charge in [-0.1, -0.05) is 20.8 Å². The molecule has 2 bridgehead atoms. The van der Waals surface area contributed by atoms with Crippen molar-refractivity contribution in [3.05, 3.63) is 0 Å². The van der Waals surface area contributed by atoms with Gasteiger partial charge in [0.15, 0.2) is 0 Å². The molecule has 0 aromatic carbocycles. The summed E-state index contributed by atoms with van der Waals surface area (Å²) in [4.78, 5) is 0. The second kappa shape index (κ2) is 4.81. The summed E-state index contributed by atoms with van der Waals surface area (Å²) in [6.45, 7) is 6.36. The Morgan fingerprint density at radius 1 is 1.07 bits per heavy atom. The molecule has 2 fully saturated rings. The first-order valence-corrected chi connectivity index (χ1v) is 6.06. The van der Waals surface area contributed by atoms with E-state index in [0.717, 1.165) is 25.7 Å². The highest BCUT2D eigenvalue weighted by Crippen LogP contribution is 2.49. The number of rotatable bonds is 2. The maximum Gasteiger partial charge on any atom is 0.0924 e. The van der Waals surface area contributed by atoms with Gasteiger partial charge in [0.25, 0.3) is 0 Å². The van der Waals surface area contributed by atoms with E-state index in [-0.39, 0.29) is 24.4 Å². The van der Waals surface area contributed by atoms with Gasteiger partial charge in [0.2, 0.25) is 0 Å². The molecule has 2 aliphatic heterocycles. The molecule has 0 radical (unpaired) electrons. The normalized spacial score (nSPS) is 43.4. The van der Waals surface area contributed by atoms with Gasteiger partial charge in [-0.3, -0.25) is 0 Å². The summed E-state index contributed by atoms with van der Waals surface area (Å²) in [5, 5.41) is 18.6. The molecule has 0 aliphatic carbocycles. The van der Waals surface area contributed by atoms with Gasteiger partial charge in [-0.25, -0.2) is 0 Å². The summed E-state index contributed by atoms with van der Waals surface area (Å²) in [5.41, 5.74) is -0.666. The van der Waals surface area contributed by atoms with Crippen LogP contribution in [-0.2, 0) is 4.74 Å². The first-order valence-electron chi connectivity index (χ1n) is 6.06. The van der Waals surface area contributed by atoms with Crippen LogP contribution in [0.15, 0.2) is 0 Å². The van der Waals surface area contributed by atoms with Crippen molar-refractivity contribution < 1.29 is 14.9 Å². The van der Waals surface area contributed by atoms with Crippen molar-refractivity contribution in [2.75, 3.05) is 13.2 Å². The zero-order chi connectivity index (χ0) is 11.5. The Hall–Kier alpha value is -0.120. The van der Waals surface area contributed by atoms with E-state index in [9.17, 15) is 10.2 Å². The van der Waals surface area contributed by atoms with Crippen LogP contribution in [-0.4, -0.2) is 34.6 Å². The summed E-state index contributed by atoms with van der Waals surface area (Å²) < 4.78 is 5.84. The van der Waals surface area contributed by atoms with Crippen molar-refractivity contribution >= 4 is 0 Å². The molecule has 2 N–H and O–H groups in total. The quantitative estimate of drug-likeness (QED) is 0.739. The Morgan fingerprint density at radius 2 is 1.47 bits per heavy atom. The van der Waals surface area contributed by atoms with Gasteiger partial charge < -0.3 is 14.9 Å². The lowest BCUT2D eigenvalue weighted by Crippen LogP contribution is -2.47. The van der Waals surface area contributed by atoms with E-state index in [1.807, 2.05) is 13.8 Å². The first-order chi connectivity index (χ1) is 7.14. The zero-order valence-electron chi connectivity index (χ0n) is 10.1. The van der Waals surface area contributed by atoms with Crippen LogP contribution < -0.4 is 0 Å². The number of hydrogen-bond acceptors (Lipinski definition) is 3. The summed E-state index contributed by atoms with van der Waals surface area (Å²) in [6, 6.07) is 0. The molecule has 2 aliphatic rings. The molecule has 2 heterocycles. The minimum Gasteiger partial charge on any atom is -0.393 e. The molecule has 0 amide bonds. The lowest BCUT2D eigenvalue weighted by atomic mass is 9.85. The SMILES string of the molecule is CC.CC1C[C@]2(CO)CC[C@](CO)(C1)O2. The van der Waals surface area contributed by atoms with Crippen molar-refractivity contribution in [1.29, 1.82) is 0 Å². The lowest BCUT2D eigenvalue weighted by molar-refractivity contribution is -0.184. The van der Waals surface area contributed by atoms with Crippen LogP contribution in [0.4, 0.5) is 0 Å². The third-order valence-corrected chi connectivity index (χ3v) is 3.49. The number of hydrogen-bond donors (Lipinski definition) is 2. The Balaban J connectivity index is 0.000000531. The standard InChI is InChI=1S/C10H18O3.C2H6/c1-8-4-9(6-11)2-3-10(5-8,7-12)13-9;1-2/h8,11-12H,2-7H2,1H3;1-2H3/t8?,9-,10+;. The van der Waals surface area contributed by atoms with E-state index in [1.54, 1.807) is 0 Å². The summed E-state index contributed by atoms with van der Waals surface area (Å²) >= 11 is 0. The molecule has 1 unspecified atom stereocenters. The monoisotopic (exact) mass is 216 g/mol. The molecule has 0 aromatic rings. The Morgan fingerprint density at radius 3 is 1.80 bits per heavy atom. The molecule has 2 rings (SSSR count). The van der Waals surface area contributed by atoms with Gasteiger partial charge in [-0.05, 0) is 31.6 Å². The number of aliphatic hydroxyl groups excluding tert-OH is 2. The molecule has 3 heteroatoms. The van der Waals surface area contributed by atoms with Crippen molar-refractivity contribution in [3.63, 3.8) is 0 Å². The number of fused-ring (bicyclic) bond motifs is 2. The molecule has 90 valence electrons. The second-order valence-electron chi connectivity index (χ2n) is 4.80. The van der Waals surface area contributed by atoms with Crippen LogP contribution in [0.5, 0.6) is 0 Å². The number of aliphatic hydroxyl groups is 2. The van der Waals surface area contributed by atoms with Gasteiger partial charge in [-0.2, -0.15) is 0 Å². The molecule has 2 saturated heterocycles. The Bertz CT molecular complexity index is 187. The number of ether oxygens (including phenoxy) is 1. The van der Waals surface area contributed by atoms with Crippen LogP contribution in [0.1, 0.15) is 46.5 Å². The van der Waals surface area contributed by atoms with Gasteiger partial charge in [0.1, 0.15) is 0 Å². The van der Waals surface area contributed by atoms with E-state index >= 15 is 0 Å². The van der Waals surface area contributed by atoms with Crippen molar-refractivity contribution in [1.82, 2.24) is 0 Å². The van der Waals surface area contributed by atoms with Crippen molar-refractivity contribution in [3.8, 4) is 0 Å². The Labute approximate surface area is 92.4 Å². The fraction of sp³-hybridized carbons (Fsp3) is 1.00. The highest BCUT2D eigenvalue weighted by Gasteiger charge is 2.53. The molecule has 0 saturated carbocycles. The smallest absolute Gasteiger partial charge is 0.0924 e. The average Bonchev–Trinajstić information content (AvgIpc) is 2.56. The van der Waals surface area contributed by atoms with Crippen molar-refractivity contribution in [2.45, 2.75) is 57.7 Å². The Kier molecular flexibility index (Phi) is 4.15. The van der Waals surface area contributed by atoms with E-state index < -0.39 is 0 Å². The van der Waals surface area contributed by atoms with Crippen LogP contribution in [0.3, 0.4) is 0 Å². The van der Waals surface area contributed by atoms with E-state index in [4.69, 9.17) is 4.74 Å². The molecule has 3 nitrogen and oxygen atoms in total. The fourth-order valence-corrected chi connectivity index (χ4v) is 3.00. The summed E-state index contributed by atoms with van der Waals surface area (Å²) in [5.74, 6) is 0.551. The highest BCUT2D eigenvalue weighted by atomic mass is 16.6. The molecular weight excluding hydrogens is 192 g/mol. The van der Waals surface area contributed by atoms with Crippen LogP contribution in [0.2, 0.25) is 0 Å². The average molecular weight is 216 g/mol. The molecular formula is C12H24O3. The van der Waals surface area contributed by atoms with Gasteiger partial charge in [0, 0.05) is 0 Å². The van der Waals surface area contributed by atoms with Gasteiger partial charge >= 0.3 is 0 Å². The predicted molar refractivity (Wildman–Crippen MR) is 59.7 cm³/mol. The van der Waals surface area contributed by atoms with E-state index in [1.165, 1.54) is 0 Å². The third kappa shape index (κ3) is 2.35. The van der Waals surface area contributed by atoms with Gasteiger partial charge in [-0.15, -0.1) is 0 Å². The highest BCUT2D eigenvalue weighted by molar-refractivity contribution is 5.02. The van der Waals surface area contributed by atoms with Crippen LogP contribution in [0.25, 0.3) is 0 Å². The van der Waals surface area contributed by atoms with Crippen molar-refractivity contribution in [2.24, 2.45) is 5.92 Å². The maximum absolute atomic E-state index is 9.29. The van der Waals surface area contributed by atoms with Crippen LogP contribution >= 0.6 is 0 Å². The summed E-state index contributed by atoms with van der Waals surface area (Å²) in [6.07, 6.45) is 3.67. The topological polar surface area (TPSA) is 49.7 Å². The molecule has 0 spiro atoms. The summed E-state index contributed by atoms with van der Waals surface area (Å²) in [7, 11) is 0. The maximum atomic E-state index is 9.29. The van der Waals surface area contributed by atoms with Gasteiger partial charge in [0.05, 0.1) is 24.4 Å². The first kappa shape index (κ1) is 12.9. The minimum absolute atomic E-state index is 0.0963. The van der Waals surface area contributed by atoms with Crippen LogP contribution in [0, 0.1) is 5.92 Å². The fourth-order valence-electron chi connectivity index (χ4n) is 3.00. The van der Waals surface area contributed by atoms with E-state index in [2.05, 4.69) is 6.92 Å².